The predicted molar refractivity (Wildman–Crippen MR) is 212 cm³/mol. The molecule has 0 bridgehead atoms. The number of carbonyl (C=O) groups is 2. The molecule has 278 valence electrons. The van der Waals surface area contributed by atoms with Gasteiger partial charge in [0.2, 0.25) is 5.91 Å². The lowest BCUT2D eigenvalue weighted by atomic mass is 9.99. The van der Waals surface area contributed by atoms with Crippen LogP contribution < -0.4 is 9.80 Å². The fraction of sp³-hybridized carbons (Fsp3) is 0.341. The number of benzene rings is 2. The van der Waals surface area contributed by atoms with E-state index in [4.69, 9.17) is 0 Å². The standard InChI is InChI=1S/C24H29N7O.C17H18N4O/c1-5-18-12-19(23(14-25)31-10-8-30(9-11-31)17(2)32)6-7-21(18)29(4)24-13-22-20(15-26-24)27-16-28(22)3;1-4-13-7-12(10-22)5-6-15(13)21(3)17-8-16-14(9-18-17)19-11-20(16)2/h6-7,12-13,15-16,23H,5,8-11H2,1-4H3;5-11H,4H2,1-3H3. The van der Waals surface area contributed by atoms with Gasteiger partial charge in [-0.1, -0.05) is 26.0 Å². The van der Waals surface area contributed by atoms with Crippen molar-refractivity contribution in [3.8, 4) is 6.07 Å². The largest absolute Gasteiger partial charge is 0.340 e. The minimum Gasteiger partial charge on any atom is -0.340 e. The summed E-state index contributed by atoms with van der Waals surface area (Å²) in [7, 11) is 7.94. The number of pyridine rings is 2. The number of aromatic nitrogens is 6. The van der Waals surface area contributed by atoms with E-state index in [0.717, 1.165) is 75.3 Å². The van der Waals surface area contributed by atoms with Crippen molar-refractivity contribution in [3.05, 3.63) is 95.8 Å². The van der Waals surface area contributed by atoms with Gasteiger partial charge in [0.05, 0.1) is 42.2 Å². The van der Waals surface area contributed by atoms with Gasteiger partial charge >= 0.3 is 0 Å². The molecule has 0 N–H and O–H groups in total. The summed E-state index contributed by atoms with van der Waals surface area (Å²) in [6.45, 7) is 8.54. The number of piperazine rings is 1. The van der Waals surface area contributed by atoms with Crippen molar-refractivity contribution in [1.29, 1.82) is 5.26 Å². The molecule has 13 nitrogen and oxygen atoms in total. The number of hydrogen-bond acceptors (Lipinski definition) is 10. The molecule has 0 spiro atoms. The summed E-state index contributed by atoms with van der Waals surface area (Å²) in [4.78, 5) is 48.4. The van der Waals surface area contributed by atoms with Crippen molar-refractivity contribution in [2.24, 2.45) is 14.1 Å². The van der Waals surface area contributed by atoms with Gasteiger partial charge in [-0.25, -0.2) is 19.9 Å². The number of nitrogens with zero attached hydrogens (tertiary/aromatic N) is 11. The number of aldehydes is 1. The number of nitriles is 1. The van der Waals surface area contributed by atoms with Crippen LogP contribution in [0.1, 0.15) is 53.9 Å². The molecule has 7 rings (SSSR count). The van der Waals surface area contributed by atoms with Gasteiger partial charge in [-0.2, -0.15) is 5.26 Å². The van der Waals surface area contributed by atoms with Crippen LogP contribution in [0.15, 0.2) is 73.6 Å². The summed E-state index contributed by atoms with van der Waals surface area (Å²) in [5.74, 6) is 1.79. The topological polar surface area (TPSA) is 132 Å². The first-order chi connectivity index (χ1) is 26.1. The number of aryl methyl sites for hydroxylation is 4. The van der Waals surface area contributed by atoms with Crippen molar-refractivity contribution in [2.75, 3.05) is 50.1 Å². The zero-order valence-electron chi connectivity index (χ0n) is 32.1. The Hall–Kier alpha value is -6.13. The molecule has 0 radical (unpaired) electrons. The molecule has 13 heteroatoms. The van der Waals surface area contributed by atoms with Gasteiger partial charge in [0.15, 0.2) is 0 Å². The van der Waals surface area contributed by atoms with E-state index in [-0.39, 0.29) is 11.9 Å². The number of amides is 1. The highest BCUT2D eigenvalue weighted by atomic mass is 16.2. The summed E-state index contributed by atoms with van der Waals surface area (Å²) < 4.78 is 3.96. The highest BCUT2D eigenvalue weighted by molar-refractivity contribution is 5.81. The Morgan fingerprint density at radius 2 is 1.31 bits per heavy atom. The number of fused-ring (bicyclic) bond motifs is 2. The van der Waals surface area contributed by atoms with Crippen LogP contribution in [-0.4, -0.2) is 91.3 Å². The Morgan fingerprint density at radius 3 is 1.80 bits per heavy atom. The molecule has 4 aromatic heterocycles. The van der Waals surface area contributed by atoms with Crippen LogP contribution in [0.4, 0.5) is 23.0 Å². The van der Waals surface area contributed by atoms with Crippen LogP contribution in [-0.2, 0) is 31.7 Å². The molecule has 1 fully saturated rings. The molecule has 6 aromatic rings. The first-order valence-electron chi connectivity index (χ1n) is 18.2. The Morgan fingerprint density at radius 1 is 0.796 bits per heavy atom. The normalized spacial score (nSPS) is 13.6. The molecule has 1 atom stereocenters. The molecule has 1 aliphatic heterocycles. The Labute approximate surface area is 316 Å². The quantitative estimate of drug-likeness (QED) is 0.160. The lowest BCUT2D eigenvalue weighted by Crippen LogP contribution is -2.48. The fourth-order valence-corrected chi connectivity index (χ4v) is 6.99. The third-order valence-corrected chi connectivity index (χ3v) is 10.3. The highest BCUT2D eigenvalue weighted by Gasteiger charge is 2.27. The van der Waals surface area contributed by atoms with E-state index in [9.17, 15) is 14.9 Å². The maximum Gasteiger partial charge on any atom is 0.219 e. The van der Waals surface area contributed by atoms with Crippen LogP contribution in [0.3, 0.4) is 0 Å². The van der Waals surface area contributed by atoms with Gasteiger partial charge < -0.3 is 23.8 Å². The Balaban J connectivity index is 0.000000197. The van der Waals surface area contributed by atoms with Crippen molar-refractivity contribution < 1.29 is 9.59 Å². The molecular formula is C41H47N11O2. The second kappa shape index (κ2) is 16.3. The van der Waals surface area contributed by atoms with E-state index in [0.29, 0.717) is 31.7 Å². The molecule has 54 heavy (non-hydrogen) atoms. The maximum atomic E-state index is 11.6. The number of imidazole rings is 2. The van der Waals surface area contributed by atoms with Crippen molar-refractivity contribution in [1.82, 2.24) is 38.9 Å². The summed E-state index contributed by atoms with van der Waals surface area (Å²) in [6, 6.07) is 18.2. The molecule has 5 heterocycles. The summed E-state index contributed by atoms with van der Waals surface area (Å²) in [5, 5.41) is 9.93. The first kappa shape index (κ1) is 37.6. The lowest BCUT2D eigenvalue weighted by molar-refractivity contribution is -0.130. The van der Waals surface area contributed by atoms with Crippen molar-refractivity contribution >= 4 is 57.3 Å². The number of anilines is 4. The number of hydrogen-bond donors (Lipinski definition) is 0. The Bertz CT molecular complexity index is 2330. The number of rotatable bonds is 9. The molecule has 0 aliphatic carbocycles. The molecule has 0 saturated carbocycles. The molecule has 1 amide bonds. The van der Waals surface area contributed by atoms with Crippen molar-refractivity contribution in [2.45, 2.75) is 39.7 Å². The average molecular weight is 726 g/mol. The van der Waals surface area contributed by atoms with Gasteiger partial charge in [0, 0.05) is 90.4 Å². The van der Waals surface area contributed by atoms with Crippen LogP contribution in [0.5, 0.6) is 0 Å². The lowest BCUT2D eigenvalue weighted by Gasteiger charge is -2.36. The van der Waals surface area contributed by atoms with Gasteiger partial charge in [-0.05, 0) is 53.8 Å². The van der Waals surface area contributed by atoms with Gasteiger partial charge in [-0.3, -0.25) is 14.5 Å². The average Bonchev–Trinajstić information content (AvgIpc) is 3.78. The van der Waals surface area contributed by atoms with Crippen LogP contribution in [0, 0.1) is 11.3 Å². The molecule has 1 aliphatic rings. The van der Waals surface area contributed by atoms with E-state index in [2.05, 4.69) is 61.8 Å². The van der Waals surface area contributed by atoms with E-state index in [1.54, 1.807) is 32.0 Å². The first-order valence-corrected chi connectivity index (χ1v) is 18.2. The molecular weight excluding hydrogens is 679 g/mol. The predicted octanol–water partition coefficient (Wildman–Crippen LogP) is 6.14. The van der Waals surface area contributed by atoms with E-state index in [1.165, 1.54) is 5.56 Å². The van der Waals surface area contributed by atoms with Gasteiger partial charge in [0.25, 0.3) is 0 Å². The zero-order chi connectivity index (χ0) is 38.5. The second-order valence-electron chi connectivity index (χ2n) is 13.6. The third-order valence-electron chi connectivity index (χ3n) is 10.3. The SMILES string of the molecule is CCc1cc(C(C#N)N2CCN(C(C)=O)CC2)ccc1N(C)c1cc2c(cn1)ncn2C.CCc1cc(C=O)ccc1N(C)c1cc2c(cn1)ncn2C. The second-order valence-corrected chi connectivity index (χ2v) is 13.6. The zero-order valence-corrected chi connectivity index (χ0v) is 32.1. The highest BCUT2D eigenvalue weighted by Crippen LogP contribution is 2.32. The molecule has 1 unspecified atom stereocenters. The summed E-state index contributed by atoms with van der Waals surface area (Å²) in [5.41, 5.74) is 9.94. The van der Waals surface area contributed by atoms with Crippen LogP contribution in [0.2, 0.25) is 0 Å². The minimum atomic E-state index is -0.322. The van der Waals surface area contributed by atoms with Crippen molar-refractivity contribution in [3.63, 3.8) is 0 Å². The maximum absolute atomic E-state index is 11.6. The summed E-state index contributed by atoms with van der Waals surface area (Å²) in [6.07, 6.45) is 9.74. The monoisotopic (exact) mass is 725 g/mol. The van der Waals surface area contributed by atoms with Crippen LogP contribution >= 0.6 is 0 Å². The van der Waals surface area contributed by atoms with E-state index < -0.39 is 0 Å². The van der Waals surface area contributed by atoms with E-state index in [1.807, 2.05) is 83.5 Å². The fourth-order valence-electron chi connectivity index (χ4n) is 6.99. The van der Waals surface area contributed by atoms with Gasteiger partial charge in [0.1, 0.15) is 35.0 Å². The molecule has 1 saturated heterocycles. The Kier molecular flexibility index (Phi) is 11.3. The van der Waals surface area contributed by atoms with E-state index >= 15 is 0 Å². The van der Waals surface area contributed by atoms with Crippen LogP contribution in [0.25, 0.3) is 22.1 Å². The number of carbonyl (C=O) groups excluding carboxylic acids is 2. The summed E-state index contributed by atoms with van der Waals surface area (Å²) >= 11 is 0. The third kappa shape index (κ3) is 7.65. The van der Waals surface area contributed by atoms with Gasteiger partial charge in [-0.15, -0.1) is 0 Å². The molecule has 2 aromatic carbocycles. The smallest absolute Gasteiger partial charge is 0.219 e. The minimum absolute atomic E-state index is 0.0942.